The molecule has 0 aliphatic carbocycles. The van der Waals surface area contributed by atoms with Gasteiger partial charge in [-0.2, -0.15) is 0 Å². The van der Waals surface area contributed by atoms with Crippen LogP contribution >= 0.6 is 0 Å². The van der Waals surface area contributed by atoms with E-state index in [-0.39, 0.29) is 11.9 Å². The van der Waals surface area contributed by atoms with Crippen molar-refractivity contribution in [1.82, 2.24) is 4.90 Å². The van der Waals surface area contributed by atoms with Crippen LogP contribution in [-0.4, -0.2) is 43.0 Å². The molecule has 24 heavy (non-hydrogen) atoms. The Morgan fingerprint density at radius 1 is 1.00 bits per heavy atom. The molecule has 1 unspecified atom stereocenters. The summed E-state index contributed by atoms with van der Waals surface area (Å²) < 4.78 is 0. The molecule has 0 radical (unpaired) electrons. The van der Waals surface area contributed by atoms with E-state index in [2.05, 4.69) is 39.4 Å². The second-order valence-corrected chi connectivity index (χ2v) is 6.39. The second-order valence-electron chi connectivity index (χ2n) is 6.39. The summed E-state index contributed by atoms with van der Waals surface area (Å²) in [5.41, 5.74) is 3.28. The molecule has 0 spiro atoms. The molecule has 2 aromatic carbocycles. The summed E-state index contributed by atoms with van der Waals surface area (Å²) in [7, 11) is 0. The van der Waals surface area contributed by atoms with Crippen LogP contribution < -0.4 is 10.2 Å². The first-order valence-corrected chi connectivity index (χ1v) is 8.55. The van der Waals surface area contributed by atoms with Gasteiger partial charge >= 0.3 is 0 Å². The number of carbonyl (C=O) groups is 1. The number of anilines is 2. The topological polar surface area (TPSA) is 35.6 Å². The first-order chi connectivity index (χ1) is 11.6. The third-order valence-corrected chi connectivity index (χ3v) is 4.65. The fourth-order valence-electron chi connectivity index (χ4n) is 3.14. The van der Waals surface area contributed by atoms with Gasteiger partial charge in [0.2, 0.25) is 5.91 Å². The van der Waals surface area contributed by atoms with Crippen LogP contribution in [0.3, 0.4) is 0 Å². The van der Waals surface area contributed by atoms with E-state index >= 15 is 0 Å². The number of para-hydroxylation sites is 1. The number of nitrogens with zero attached hydrogens (tertiary/aromatic N) is 2. The number of hydrogen-bond acceptors (Lipinski definition) is 3. The molecular formula is C20H25N3O. The Kier molecular flexibility index (Phi) is 5.16. The first-order valence-electron chi connectivity index (χ1n) is 8.55. The van der Waals surface area contributed by atoms with Crippen molar-refractivity contribution in [3.63, 3.8) is 0 Å². The minimum atomic E-state index is -0.122. The summed E-state index contributed by atoms with van der Waals surface area (Å²) in [6.07, 6.45) is 0. The number of piperazine rings is 1. The van der Waals surface area contributed by atoms with Gasteiger partial charge in [0.05, 0.1) is 6.04 Å². The third-order valence-electron chi connectivity index (χ3n) is 4.65. The zero-order valence-corrected chi connectivity index (χ0v) is 14.4. The molecule has 1 heterocycles. The number of carbonyl (C=O) groups excluding carboxylic acids is 1. The van der Waals surface area contributed by atoms with Crippen LogP contribution in [0.1, 0.15) is 12.5 Å². The smallest absolute Gasteiger partial charge is 0.241 e. The van der Waals surface area contributed by atoms with Crippen molar-refractivity contribution >= 4 is 17.3 Å². The zero-order chi connectivity index (χ0) is 16.9. The zero-order valence-electron chi connectivity index (χ0n) is 14.4. The quantitative estimate of drug-likeness (QED) is 0.939. The predicted octanol–water partition coefficient (Wildman–Crippen LogP) is 3.14. The molecule has 2 aromatic rings. The number of hydrogen-bond donors (Lipinski definition) is 1. The average molecular weight is 323 g/mol. The molecule has 1 aliphatic rings. The van der Waals surface area contributed by atoms with E-state index in [1.165, 1.54) is 5.69 Å². The molecule has 1 atom stereocenters. The highest BCUT2D eigenvalue weighted by molar-refractivity contribution is 5.94. The number of aryl methyl sites for hydroxylation is 1. The van der Waals surface area contributed by atoms with Crippen molar-refractivity contribution in [1.29, 1.82) is 0 Å². The Morgan fingerprint density at radius 3 is 2.38 bits per heavy atom. The van der Waals surface area contributed by atoms with Gasteiger partial charge in [-0.1, -0.05) is 30.3 Å². The molecule has 4 heteroatoms. The van der Waals surface area contributed by atoms with Crippen LogP contribution in [0, 0.1) is 6.92 Å². The van der Waals surface area contributed by atoms with Crippen LogP contribution in [0.15, 0.2) is 54.6 Å². The van der Waals surface area contributed by atoms with E-state index in [0.29, 0.717) is 0 Å². The molecule has 126 valence electrons. The third kappa shape index (κ3) is 3.95. The molecule has 1 aliphatic heterocycles. The van der Waals surface area contributed by atoms with Gasteiger partial charge < -0.3 is 10.2 Å². The molecule has 3 rings (SSSR count). The van der Waals surface area contributed by atoms with Crippen LogP contribution in [0.25, 0.3) is 0 Å². The van der Waals surface area contributed by atoms with Gasteiger partial charge in [0, 0.05) is 37.6 Å². The second kappa shape index (κ2) is 7.49. The lowest BCUT2D eigenvalue weighted by atomic mass is 10.1. The lowest BCUT2D eigenvalue weighted by Gasteiger charge is -2.38. The maximum atomic E-state index is 12.5. The minimum absolute atomic E-state index is 0.0637. The Balaban J connectivity index is 1.55. The fraction of sp³-hybridized carbons (Fsp3) is 0.350. The Hall–Kier alpha value is -2.33. The van der Waals surface area contributed by atoms with Crippen molar-refractivity contribution in [3.05, 3.63) is 60.2 Å². The summed E-state index contributed by atoms with van der Waals surface area (Å²) in [5.74, 6) is 0.0637. The van der Waals surface area contributed by atoms with Gasteiger partial charge in [0.15, 0.2) is 0 Å². The van der Waals surface area contributed by atoms with Crippen molar-refractivity contribution in [2.24, 2.45) is 0 Å². The minimum Gasteiger partial charge on any atom is -0.369 e. The summed E-state index contributed by atoms with van der Waals surface area (Å²) in [6.45, 7) is 7.72. The van der Waals surface area contributed by atoms with Gasteiger partial charge in [-0.15, -0.1) is 0 Å². The van der Waals surface area contributed by atoms with Crippen molar-refractivity contribution in [3.8, 4) is 0 Å². The standard InChI is InChI=1S/C20H25N3O/c1-16-7-6-8-18(15-16)21-20(24)17(2)22-11-13-23(14-12-22)19-9-4-3-5-10-19/h3-10,15,17H,11-14H2,1-2H3,(H,21,24). The van der Waals surface area contributed by atoms with Crippen LogP contribution in [-0.2, 0) is 4.79 Å². The Labute approximate surface area is 144 Å². The lowest BCUT2D eigenvalue weighted by Crippen LogP contribution is -2.52. The molecule has 4 nitrogen and oxygen atoms in total. The number of benzene rings is 2. The maximum Gasteiger partial charge on any atom is 0.241 e. The van der Waals surface area contributed by atoms with E-state index < -0.39 is 0 Å². The summed E-state index contributed by atoms with van der Waals surface area (Å²) >= 11 is 0. The van der Waals surface area contributed by atoms with Gasteiger partial charge in [-0.3, -0.25) is 9.69 Å². The number of rotatable bonds is 4. The molecule has 1 N–H and O–H groups in total. The van der Waals surface area contributed by atoms with Gasteiger partial charge in [0.25, 0.3) is 0 Å². The van der Waals surface area contributed by atoms with E-state index in [9.17, 15) is 4.79 Å². The SMILES string of the molecule is Cc1cccc(NC(=O)C(C)N2CCN(c3ccccc3)CC2)c1. The van der Waals surface area contributed by atoms with Gasteiger partial charge in [0.1, 0.15) is 0 Å². The van der Waals surface area contributed by atoms with Crippen molar-refractivity contribution < 1.29 is 4.79 Å². The summed E-state index contributed by atoms with van der Waals surface area (Å²) in [5, 5.41) is 3.03. The Morgan fingerprint density at radius 2 is 1.71 bits per heavy atom. The van der Waals surface area contributed by atoms with Crippen molar-refractivity contribution in [2.75, 3.05) is 36.4 Å². The molecule has 0 bridgehead atoms. The molecule has 0 aromatic heterocycles. The first kappa shape index (κ1) is 16.5. The van der Waals surface area contributed by atoms with E-state index in [0.717, 1.165) is 37.4 Å². The monoisotopic (exact) mass is 323 g/mol. The lowest BCUT2D eigenvalue weighted by molar-refractivity contribution is -0.120. The van der Waals surface area contributed by atoms with Crippen LogP contribution in [0.2, 0.25) is 0 Å². The van der Waals surface area contributed by atoms with Crippen LogP contribution in [0.5, 0.6) is 0 Å². The predicted molar refractivity (Wildman–Crippen MR) is 99.5 cm³/mol. The molecule has 1 amide bonds. The maximum absolute atomic E-state index is 12.5. The normalized spacial score (nSPS) is 16.7. The van der Waals surface area contributed by atoms with E-state index in [1.807, 2.05) is 44.2 Å². The number of amides is 1. The highest BCUT2D eigenvalue weighted by Gasteiger charge is 2.25. The molecule has 0 saturated carbocycles. The average Bonchev–Trinajstić information content (AvgIpc) is 2.62. The molecular weight excluding hydrogens is 298 g/mol. The van der Waals surface area contributed by atoms with Crippen molar-refractivity contribution in [2.45, 2.75) is 19.9 Å². The largest absolute Gasteiger partial charge is 0.369 e. The summed E-state index contributed by atoms with van der Waals surface area (Å²) in [4.78, 5) is 17.1. The van der Waals surface area contributed by atoms with Gasteiger partial charge in [-0.05, 0) is 43.7 Å². The van der Waals surface area contributed by atoms with Crippen LogP contribution in [0.4, 0.5) is 11.4 Å². The summed E-state index contributed by atoms with van der Waals surface area (Å²) in [6, 6.07) is 18.3. The molecule has 1 saturated heterocycles. The highest BCUT2D eigenvalue weighted by Crippen LogP contribution is 2.17. The fourth-order valence-corrected chi connectivity index (χ4v) is 3.14. The number of nitrogens with one attached hydrogen (secondary N) is 1. The highest BCUT2D eigenvalue weighted by atomic mass is 16.2. The molecule has 1 fully saturated rings. The van der Waals surface area contributed by atoms with E-state index in [1.54, 1.807) is 0 Å². The van der Waals surface area contributed by atoms with E-state index in [4.69, 9.17) is 0 Å². The Bertz CT molecular complexity index is 678. The van der Waals surface area contributed by atoms with Gasteiger partial charge in [-0.25, -0.2) is 0 Å².